The molecule has 1 aliphatic carbocycles. The van der Waals surface area contributed by atoms with Crippen LogP contribution < -0.4 is 0 Å². The van der Waals surface area contributed by atoms with Gasteiger partial charge in [0.1, 0.15) is 6.04 Å². The molecule has 2 amide bonds. The number of hydrogen-bond acceptors (Lipinski definition) is 4. The molecule has 6 nitrogen and oxygen atoms in total. The van der Waals surface area contributed by atoms with Crippen molar-refractivity contribution in [2.24, 2.45) is 5.92 Å². The number of carboxylic acids is 1. The molecule has 0 radical (unpaired) electrons. The number of imide groups is 1. The Labute approximate surface area is 136 Å². The Morgan fingerprint density at radius 3 is 2.36 bits per heavy atom. The van der Waals surface area contributed by atoms with Crippen LogP contribution in [0.5, 0.6) is 0 Å². The van der Waals surface area contributed by atoms with Gasteiger partial charge in [0.05, 0.1) is 0 Å². The zero-order chi connectivity index (χ0) is 15.0. The fraction of sp³-hybridized carbons (Fsp3) is 0.800. The summed E-state index contributed by atoms with van der Waals surface area (Å²) in [5, 5.41) is 9.44. The van der Waals surface area contributed by atoms with Crippen molar-refractivity contribution in [3.05, 3.63) is 0 Å². The van der Waals surface area contributed by atoms with Gasteiger partial charge in [0, 0.05) is 32.0 Å². The second kappa shape index (κ2) is 6.96. The van der Waals surface area contributed by atoms with Crippen LogP contribution in [0.2, 0.25) is 0 Å². The SMILES string of the molecule is Cl.O=C(O)C1CC2CCCCC2N1CCN1C(=O)CCC1=O. The molecule has 3 fully saturated rings. The van der Waals surface area contributed by atoms with Crippen LogP contribution in [0.3, 0.4) is 0 Å². The van der Waals surface area contributed by atoms with Crippen molar-refractivity contribution < 1.29 is 19.5 Å². The summed E-state index contributed by atoms with van der Waals surface area (Å²) < 4.78 is 0. The Hall–Kier alpha value is -1.14. The van der Waals surface area contributed by atoms with Gasteiger partial charge in [-0.2, -0.15) is 0 Å². The molecular weight excluding hydrogens is 308 g/mol. The van der Waals surface area contributed by atoms with Gasteiger partial charge in [-0.15, -0.1) is 12.4 Å². The molecule has 1 N–H and O–H groups in total. The van der Waals surface area contributed by atoms with Gasteiger partial charge in [0.25, 0.3) is 0 Å². The van der Waals surface area contributed by atoms with E-state index >= 15 is 0 Å². The zero-order valence-corrected chi connectivity index (χ0v) is 13.4. The summed E-state index contributed by atoms with van der Waals surface area (Å²) >= 11 is 0. The second-order valence-corrected chi connectivity index (χ2v) is 6.38. The molecule has 3 unspecified atom stereocenters. The Bertz CT molecular complexity index is 454. The first-order chi connectivity index (χ1) is 10.1. The molecule has 3 rings (SSSR count). The highest BCUT2D eigenvalue weighted by molar-refractivity contribution is 6.01. The largest absolute Gasteiger partial charge is 0.480 e. The van der Waals surface area contributed by atoms with Crippen LogP contribution in [0.1, 0.15) is 44.9 Å². The lowest BCUT2D eigenvalue weighted by atomic mass is 9.85. The Morgan fingerprint density at radius 2 is 1.73 bits per heavy atom. The maximum absolute atomic E-state index is 11.7. The van der Waals surface area contributed by atoms with Crippen molar-refractivity contribution in [2.75, 3.05) is 13.1 Å². The number of nitrogens with zero attached hydrogens (tertiary/aromatic N) is 2. The predicted molar refractivity (Wildman–Crippen MR) is 81.7 cm³/mol. The first kappa shape index (κ1) is 17.2. The molecule has 2 saturated heterocycles. The molecule has 0 bridgehead atoms. The van der Waals surface area contributed by atoms with Crippen molar-refractivity contribution in [1.82, 2.24) is 9.80 Å². The number of halogens is 1. The van der Waals surface area contributed by atoms with Crippen molar-refractivity contribution in [3.63, 3.8) is 0 Å². The zero-order valence-electron chi connectivity index (χ0n) is 12.6. The van der Waals surface area contributed by atoms with Crippen LogP contribution in [-0.4, -0.2) is 57.9 Å². The van der Waals surface area contributed by atoms with E-state index in [9.17, 15) is 19.5 Å². The lowest BCUT2D eigenvalue weighted by Crippen LogP contribution is -2.46. The van der Waals surface area contributed by atoms with E-state index in [4.69, 9.17) is 0 Å². The third kappa shape index (κ3) is 3.13. The molecule has 1 saturated carbocycles. The van der Waals surface area contributed by atoms with Crippen LogP contribution in [0, 0.1) is 5.92 Å². The minimum atomic E-state index is -0.775. The molecule has 0 aromatic heterocycles. The van der Waals surface area contributed by atoms with Gasteiger partial charge in [-0.05, 0) is 25.2 Å². The van der Waals surface area contributed by atoms with Crippen molar-refractivity contribution in [1.29, 1.82) is 0 Å². The van der Waals surface area contributed by atoms with E-state index in [1.807, 2.05) is 4.90 Å². The minimum Gasteiger partial charge on any atom is -0.480 e. The van der Waals surface area contributed by atoms with E-state index in [1.54, 1.807) is 0 Å². The van der Waals surface area contributed by atoms with E-state index in [-0.39, 0.29) is 24.2 Å². The number of carbonyl (C=O) groups excluding carboxylic acids is 2. The number of carbonyl (C=O) groups is 3. The molecule has 2 heterocycles. The normalized spacial score (nSPS) is 32.0. The van der Waals surface area contributed by atoms with Crippen LogP contribution in [-0.2, 0) is 14.4 Å². The maximum atomic E-state index is 11.7. The molecule has 0 aromatic rings. The summed E-state index contributed by atoms with van der Waals surface area (Å²) in [6, 6.07) is -0.140. The number of amides is 2. The fourth-order valence-corrected chi connectivity index (χ4v) is 4.20. The highest BCUT2D eigenvalue weighted by atomic mass is 35.5. The summed E-state index contributed by atoms with van der Waals surface area (Å²) in [7, 11) is 0. The molecule has 7 heteroatoms. The first-order valence-electron chi connectivity index (χ1n) is 7.89. The summed E-state index contributed by atoms with van der Waals surface area (Å²) in [6.45, 7) is 0.834. The summed E-state index contributed by atoms with van der Waals surface area (Å²) in [4.78, 5) is 38.1. The van der Waals surface area contributed by atoms with E-state index in [0.29, 0.717) is 44.3 Å². The molecule has 3 atom stereocenters. The van der Waals surface area contributed by atoms with E-state index < -0.39 is 12.0 Å². The molecule has 124 valence electrons. The third-order valence-corrected chi connectivity index (χ3v) is 5.24. The van der Waals surface area contributed by atoms with Gasteiger partial charge >= 0.3 is 5.97 Å². The minimum absolute atomic E-state index is 0. The van der Waals surface area contributed by atoms with Gasteiger partial charge in [-0.3, -0.25) is 24.2 Å². The Kier molecular flexibility index (Phi) is 5.45. The third-order valence-electron chi connectivity index (χ3n) is 5.24. The van der Waals surface area contributed by atoms with Crippen LogP contribution in [0.25, 0.3) is 0 Å². The van der Waals surface area contributed by atoms with E-state index in [0.717, 1.165) is 19.3 Å². The number of aliphatic carboxylic acids is 1. The van der Waals surface area contributed by atoms with Crippen LogP contribution in [0.15, 0.2) is 0 Å². The number of rotatable bonds is 4. The highest BCUT2D eigenvalue weighted by Gasteiger charge is 2.45. The molecular formula is C15H23ClN2O4. The van der Waals surface area contributed by atoms with Gasteiger partial charge in [-0.25, -0.2) is 0 Å². The first-order valence-corrected chi connectivity index (χ1v) is 7.89. The van der Waals surface area contributed by atoms with E-state index in [2.05, 4.69) is 0 Å². The molecule has 22 heavy (non-hydrogen) atoms. The van der Waals surface area contributed by atoms with Gasteiger partial charge in [0.2, 0.25) is 11.8 Å². The Balaban J connectivity index is 0.00000176. The van der Waals surface area contributed by atoms with Crippen LogP contribution >= 0.6 is 12.4 Å². The number of carboxylic acid groups (broad SMARTS) is 1. The fourth-order valence-electron chi connectivity index (χ4n) is 4.20. The monoisotopic (exact) mass is 330 g/mol. The van der Waals surface area contributed by atoms with Crippen molar-refractivity contribution in [2.45, 2.75) is 57.0 Å². The second-order valence-electron chi connectivity index (χ2n) is 6.38. The molecule has 3 aliphatic rings. The summed E-state index contributed by atoms with van der Waals surface area (Å²) in [5.41, 5.74) is 0. The van der Waals surface area contributed by atoms with Gasteiger partial charge in [0.15, 0.2) is 0 Å². The average Bonchev–Trinajstić information content (AvgIpc) is 2.98. The smallest absolute Gasteiger partial charge is 0.320 e. The average molecular weight is 331 g/mol. The number of likely N-dealkylation sites (tertiary alicyclic amines) is 2. The van der Waals surface area contributed by atoms with Crippen molar-refractivity contribution in [3.8, 4) is 0 Å². The number of hydrogen-bond donors (Lipinski definition) is 1. The molecule has 0 spiro atoms. The lowest BCUT2D eigenvalue weighted by Gasteiger charge is -2.33. The standard InChI is InChI=1S/C15H22N2O4.ClH/c18-13-5-6-14(19)17(13)8-7-16-11-4-2-1-3-10(11)9-12(16)15(20)21;/h10-12H,1-9H2,(H,20,21);1H. The number of fused-ring (bicyclic) bond motifs is 1. The van der Waals surface area contributed by atoms with Crippen LogP contribution in [0.4, 0.5) is 0 Å². The highest BCUT2D eigenvalue weighted by Crippen LogP contribution is 2.39. The summed E-state index contributed by atoms with van der Waals surface area (Å²) in [5.74, 6) is -0.550. The van der Waals surface area contributed by atoms with Gasteiger partial charge < -0.3 is 5.11 Å². The quantitative estimate of drug-likeness (QED) is 0.785. The van der Waals surface area contributed by atoms with Crippen molar-refractivity contribution >= 4 is 30.2 Å². The van der Waals surface area contributed by atoms with Gasteiger partial charge in [-0.1, -0.05) is 12.8 Å². The lowest BCUT2D eigenvalue weighted by molar-refractivity contribution is -0.142. The topological polar surface area (TPSA) is 77.9 Å². The summed E-state index contributed by atoms with van der Waals surface area (Å²) in [6.07, 6.45) is 5.78. The Morgan fingerprint density at radius 1 is 1.09 bits per heavy atom. The molecule has 2 aliphatic heterocycles. The molecule has 0 aromatic carbocycles. The predicted octanol–water partition coefficient (Wildman–Crippen LogP) is 1.27. The van der Waals surface area contributed by atoms with E-state index in [1.165, 1.54) is 11.3 Å². The maximum Gasteiger partial charge on any atom is 0.320 e.